The maximum absolute atomic E-state index is 12.6. The number of thiazole rings is 1. The van der Waals surface area contributed by atoms with Crippen LogP contribution in [0, 0.1) is 20.8 Å². The van der Waals surface area contributed by atoms with E-state index in [0.29, 0.717) is 10.0 Å². The van der Waals surface area contributed by atoms with Crippen LogP contribution in [0.4, 0.5) is 10.8 Å². The molecule has 0 saturated heterocycles. The predicted molar refractivity (Wildman–Crippen MR) is 109 cm³/mol. The summed E-state index contributed by atoms with van der Waals surface area (Å²) in [6, 6.07) is 4.13. The molecule has 1 aromatic heterocycles. The summed E-state index contributed by atoms with van der Waals surface area (Å²) in [7, 11) is 0. The highest BCUT2D eigenvalue weighted by molar-refractivity contribution is 7.17. The molecule has 1 aliphatic heterocycles. The van der Waals surface area contributed by atoms with Crippen molar-refractivity contribution < 1.29 is 4.79 Å². The molecule has 0 radical (unpaired) electrons. The molecule has 2 heterocycles. The van der Waals surface area contributed by atoms with Gasteiger partial charge >= 0.3 is 0 Å². The Labute approximate surface area is 157 Å². The Bertz CT molecular complexity index is 914. The fourth-order valence-electron chi connectivity index (χ4n) is 2.87. The highest BCUT2D eigenvalue weighted by Crippen LogP contribution is 2.25. The predicted octanol–water partition coefficient (Wildman–Crippen LogP) is 4.99. The van der Waals surface area contributed by atoms with Crippen molar-refractivity contribution in [3.63, 3.8) is 0 Å². The van der Waals surface area contributed by atoms with Crippen LogP contribution in [-0.4, -0.2) is 16.6 Å². The van der Waals surface area contributed by atoms with Crippen LogP contribution in [0.15, 0.2) is 47.4 Å². The van der Waals surface area contributed by atoms with Crippen LogP contribution in [0.1, 0.15) is 39.7 Å². The molecule has 0 bridgehead atoms. The number of carbonyl (C=O) groups excluding carboxylic acids is 1. The molecule has 1 amide bonds. The van der Waals surface area contributed by atoms with Gasteiger partial charge < -0.3 is 10.6 Å². The Kier molecular flexibility index (Phi) is 5.32. The first-order chi connectivity index (χ1) is 12.4. The number of nitrogens with zero attached hydrogens (tertiary/aromatic N) is 2. The molecule has 6 heteroatoms. The van der Waals surface area contributed by atoms with E-state index < -0.39 is 0 Å². The molecule has 1 aromatic carbocycles. The summed E-state index contributed by atoms with van der Waals surface area (Å²) < 4.78 is 0. The molecule has 26 heavy (non-hydrogen) atoms. The van der Waals surface area contributed by atoms with Crippen LogP contribution in [0.5, 0.6) is 0 Å². The van der Waals surface area contributed by atoms with Crippen molar-refractivity contribution in [2.75, 3.05) is 10.6 Å². The lowest BCUT2D eigenvalue weighted by atomic mass is 10.1. The quantitative estimate of drug-likeness (QED) is 0.801. The first kappa shape index (κ1) is 18.1. The molecule has 0 aliphatic carbocycles. The van der Waals surface area contributed by atoms with Gasteiger partial charge in [0.2, 0.25) is 0 Å². The van der Waals surface area contributed by atoms with E-state index in [1.54, 1.807) is 6.20 Å². The summed E-state index contributed by atoms with van der Waals surface area (Å²) in [5, 5.41) is 6.84. The topological polar surface area (TPSA) is 66.4 Å². The summed E-state index contributed by atoms with van der Waals surface area (Å²) in [5.74, 6) is 0.598. The van der Waals surface area contributed by atoms with Crippen LogP contribution in [-0.2, 0) is 0 Å². The monoisotopic (exact) mass is 366 g/mol. The summed E-state index contributed by atoms with van der Waals surface area (Å²) >= 11 is 1.31. The number of anilines is 2. The molecule has 0 fully saturated rings. The summed E-state index contributed by atoms with van der Waals surface area (Å²) in [6.45, 7) is 8.00. The largest absolute Gasteiger partial charge is 0.321 e. The second-order valence-electron chi connectivity index (χ2n) is 6.36. The van der Waals surface area contributed by atoms with Crippen molar-refractivity contribution in [1.29, 1.82) is 0 Å². The molecule has 0 unspecified atom stereocenters. The Morgan fingerprint density at radius 2 is 1.88 bits per heavy atom. The minimum Gasteiger partial charge on any atom is -0.321 e. The third-order valence-electron chi connectivity index (χ3n) is 3.98. The molecular formula is C20H22N4OS. The van der Waals surface area contributed by atoms with Gasteiger partial charge in [0.1, 0.15) is 10.7 Å². The van der Waals surface area contributed by atoms with E-state index in [1.165, 1.54) is 16.9 Å². The van der Waals surface area contributed by atoms with Crippen molar-refractivity contribution in [3.05, 3.63) is 63.9 Å². The maximum Gasteiger partial charge on any atom is 0.267 e. The summed E-state index contributed by atoms with van der Waals surface area (Å²) in [4.78, 5) is 21.9. The first-order valence-corrected chi connectivity index (χ1v) is 9.28. The van der Waals surface area contributed by atoms with Gasteiger partial charge in [-0.3, -0.25) is 4.79 Å². The molecule has 134 valence electrons. The number of hydrogen-bond donors (Lipinski definition) is 2. The van der Waals surface area contributed by atoms with Crippen molar-refractivity contribution in [3.8, 4) is 0 Å². The molecule has 0 spiro atoms. The van der Waals surface area contributed by atoms with Gasteiger partial charge in [-0.15, -0.1) is 0 Å². The number of benzene rings is 1. The number of rotatable bonds is 4. The SMILES string of the molecule is CC1=NC(Nc2ncc(C(=O)Nc3c(C)cc(C)cc3C)s2)=CCC=C1. The number of aromatic nitrogens is 1. The van der Waals surface area contributed by atoms with Gasteiger partial charge in [-0.1, -0.05) is 35.1 Å². The zero-order valence-electron chi connectivity index (χ0n) is 15.4. The van der Waals surface area contributed by atoms with Gasteiger partial charge in [-0.25, -0.2) is 9.98 Å². The van der Waals surface area contributed by atoms with Crippen molar-refractivity contribution in [2.45, 2.75) is 34.1 Å². The third kappa shape index (κ3) is 4.26. The fourth-order valence-corrected chi connectivity index (χ4v) is 3.59. The average molecular weight is 366 g/mol. The smallest absolute Gasteiger partial charge is 0.267 e. The highest BCUT2D eigenvalue weighted by Gasteiger charge is 2.14. The minimum absolute atomic E-state index is 0.151. The molecule has 2 N–H and O–H groups in total. The normalized spacial score (nSPS) is 13.7. The number of carbonyl (C=O) groups is 1. The van der Waals surface area contributed by atoms with E-state index in [1.807, 2.05) is 32.9 Å². The van der Waals surface area contributed by atoms with Crippen LogP contribution < -0.4 is 10.6 Å². The number of amides is 1. The van der Waals surface area contributed by atoms with E-state index in [4.69, 9.17) is 0 Å². The van der Waals surface area contributed by atoms with Crippen LogP contribution in [0.25, 0.3) is 0 Å². The lowest BCUT2D eigenvalue weighted by Crippen LogP contribution is -2.12. The number of hydrogen-bond acceptors (Lipinski definition) is 5. The van der Waals surface area contributed by atoms with Crippen LogP contribution in [0.2, 0.25) is 0 Å². The maximum atomic E-state index is 12.6. The lowest BCUT2D eigenvalue weighted by Gasteiger charge is -2.12. The molecule has 3 rings (SSSR count). The van der Waals surface area contributed by atoms with E-state index >= 15 is 0 Å². The zero-order chi connectivity index (χ0) is 18.7. The number of nitrogens with one attached hydrogen (secondary N) is 2. The van der Waals surface area contributed by atoms with Crippen LogP contribution in [0.3, 0.4) is 0 Å². The molecule has 0 atom stereocenters. The first-order valence-electron chi connectivity index (χ1n) is 8.46. The lowest BCUT2D eigenvalue weighted by molar-refractivity contribution is 0.103. The van der Waals surface area contributed by atoms with Crippen molar-refractivity contribution in [2.24, 2.45) is 4.99 Å². The van der Waals surface area contributed by atoms with Gasteiger partial charge in [0.15, 0.2) is 5.13 Å². The van der Waals surface area contributed by atoms with Crippen LogP contribution >= 0.6 is 11.3 Å². The Morgan fingerprint density at radius 1 is 1.15 bits per heavy atom. The van der Waals surface area contributed by atoms with E-state index in [0.717, 1.165) is 34.8 Å². The number of aryl methyl sites for hydroxylation is 3. The molecule has 5 nitrogen and oxygen atoms in total. The standard InChI is InChI=1S/C20H22N4OS/c1-12-9-13(2)18(14(3)10-12)24-19(25)16-11-21-20(26-16)23-17-8-6-5-7-15(4)22-17/h5,7-11H,6H2,1-4H3,(H,21,23)(H,24,25). The van der Waals surface area contributed by atoms with Gasteiger partial charge in [-0.2, -0.15) is 0 Å². The molecular weight excluding hydrogens is 344 g/mol. The van der Waals surface area contributed by atoms with Crippen molar-refractivity contribution >= 4 is 33.8 Å². The second kappa shape index (κ2) is 7.66. The average Bonchev–Trinajstić information content (AvgIpc) is 2.93. The van der Waals surface area contributed by atoms with Gasteiger partial charge in [0.05, 0.1) is 6.20 Å². The van der Waals surface area contributed by atoms with E-state index in [2.05, 4.69) is 45.7 Å². The second-order valence-corrected chi connectivity index (χ2v) is 7.39. The fraction of sp³-hybridized carbons (Fsp3) is 0.250. The van der Waals surface area contributed by atoms with Crippen molar-refractivity contribution in [1.82, 2.24) is 4.98 Å². The minimum atomic E-state index is -0.151. The van der Waals surface area contributed by atoms with Gasteiger partial charge in [-0.05, 0) is 57.4 Å². The van der Waals surface area contributed by atoms with E-state index in [-0.39, 0.29) is 5.91 Å². The summed E-state index contributed by atoms with van der Waals surface area (Å²) in [6.07, 6.45) is 8.44. The molecule has 2 aromatic rings. The Morgan fingerprint density at radius 3 is 2.62 bits per heavy atom. The third-order valence-corrected chi connectivity index (χ3v) is 4.89. The van der Waals surface area contributed by atoms with Gasteiger partial charge in [0.25, 0.3) is 5.91 Å². The summed E-state index contributed by atoms with van der Waals surface area (Å²) in [5.41, 5.74) is 5.09. The van der Waals surface area contributed by atoms with E-state index in [9.17, 15) is 4.79 Å². The Balaban J connectivity index is 1.73. The molecule has 1 aliphatic rings. The Hall–Kier alpha value is -2.73. The highest BCUT2D eigenvalue weighted by atomic mass is 32.1. The number of aliphatic imine (C=N–C) groups is 1. The van der Waals surface area contributed by atoms with Gasteiger partial charge in [0, 0.05) is 11.4 Å². The molecule has 0 saturated carbocycles. The zero-order valence-corrected chi connectivity index (χ0v) is 16.2. The number of allylic oxidation sites excluding steroid dienone is 3.